The molecule has 6 nitrogen and oxygen atoms in total. The van der Waals surface area contributed by atoms with Gasteiger partial charge in [0.25, 0.3) is 0 Å². The van der Waals surface area contributed by atoms with Crippen LogP contribution in [0, 0.1) is 0 Å². The number of aliphatic hydroxyl groups is 1. The number of hydrogen-bond acceptors (Lipinski definition) is 6. The van der Waals surface area contributed by atoms with Crippen molar-refractivity contribution in [3.05, 3.63) is 57.6 Å². The number of benzene rings is 2. The van der Waals surface area contributed by atoms with Crippen LogP contribution in [0.5, 0.6) is 11.5 Å². The van der Waals surface area contributed by atoms with E-state index in [0.717, 1.165) is 33.6 Å². The molecule has 0 bridgehead atoms. The van der Waals surface area contributed by atoms with Gasteiger partial charge in [-0.3, -0.25) is 0 Å². The maximum Gasteiger partial charge on any atom is 0.205 e. The molecule has 0 saturated heterocycles. The van der Waals surface area contributed by atoms with Crippen LogP contribution in [0.25, 0.3) is 0 Å². The lowest BCUT2D eigenvalue weighted by molar-refractivity contribution is -0.180. The summed E-state index contributed by atoms with van der Waals surface area (Å²) in [5.41, 5.74) is 5.92. The normalized spacial score (nSPS) is 15.2. The number of fused-ring (bicyclic) bond motifs is 1. The van der Waals surface area contributed by atoms with Crippen molar-refractivity contribution in [2.24, 2.45) is 0 Å². The average Bonchev–Trinajstić information content (AvgIpc) is 2.76. The van der Waals surface area contributed by atoms with E-state index in [9.17, 15) is 5.11 Å². The molecule has 0 aliphatic carbocycles. The van der Waals surface area contributed by atoms with Crippen molar-refractivity contribution in [3.63, 3.8) is 0 Å². The van der Waals surface area contributed by atoms with Gasteiger partial charge in [0.05, 0.1) is 26.4 Å². The fourth-order valence-corrected chi connectivity index (χ4v) is 3.97. The highest BCUT2D eigenvalue weighted by Crippen LogP contribution is 2.38. The second-order valence-corrected chi connectivity index (χ2v) is 10.7. The minimum Gasteiger partial charge on any atom is -0.467 e. The molecule has 0 atom stereocenters. The maximum atomic E-state index is 10.0. The highest BCUT2D eigenvalue weighted by Gasteiger charge is 2.30. The third-order valence-corrected chi connectivity index (χ3v) is 5.97. The number of hydrogen-bond donors (Lipinski definition) is 1. The highest BCUT2D eigenvalue weighted by molar-refractivity contribution is 5.47. The zero-order valence-corrected chi connectivity index (χ0v) is 21.9. The highest BCUT2D eigenvalue weighted by atomic mass is 16.7. The topological polar surface area (TPSA) is 66.4 Å². The van der Waals surface area contributed by atoms with Crippen molar-refractivity contribution in [2.75, 3.05) is 13.9 Å². The predicted octanol–water partition coefficient (Wildman–Crippen LogP) is 5.94. The van der Waals surface area contributed by atoms with Gasteiger partial charge in [-0.2, -0.15) is 0 Å². The molecule has 0 spiro atoms. The van der Waals surface area contributed by atoms with E-state index >= 15 is 0 Å². The summed E-state index contributed by atoms with van der Waals surface area (Å²) < 4.78 is 29.3. The second-order valence-electron chi connectivity index (χ2n) is 10.7. The lowest BCUT2D eigenvalue weighted by Gasteiger charge is -2.34. The van der Waals surface area contributed by atoms with Gasteiger partial charge in [-0.25, -0.2) is 0 Å². The molecule has 1 heterocycles. The number of methoxy groups -OCH3 is 1. The van der Waals surface area contributed by atoms with E-state index in [0.29, 0.717) is 31.5 Å². The minimum atomic E-state index is -0.681. The van der Waals surface area contributed by atoms with E-state index in [1.165, 1.54) is 5.56 Å². The molecule has 6 heteroatoms. The standard InChI is InChI=1S/C28H40O6/c1-18(2)19-9-21(26-22(10-19)16-33-28(6,7)34-26)14-31-15-23-12-24(27(3,4)5)11-20(13-29)25(23)32-17-30-8/h9-12,18,29H,13-17H2,1-8H3. The maximum absolute atomic E-state index is 10.0. The second kappa shape index (κ2) is 10.6. The van der Waals surface area contributed by atoms with E-state index < -0.39 is 5.79 Å². The van der Waals surface area contributed by atoms with Crippen LogP contribution >= 0.6 is 0 Å². The summed E-state index contributed by atoms with van der Waals surface area (Å²) in [5.74, 6) is 1.15. The lowest BCUT2D eigenvalue weighted by atomic mass is 9.85. The molecule has 0 aromatic heterocycles. The first kappa shape index (κ1) is 26.5. The molecule has 0 amide bonds. The SMILES string of the molecule is COCOc1c(CO)cc(C(C)(C)C)cc1COCc1cc(C(C)C)cc2c1OC(C)(C)OC2. The Labute approximate surface area is 204 Å². The van der Waals surface area contributed by atoms with Gasteiger partial charge >= 0.3 is 0 Å². The van der Waals surface area contributed by atoms with Crippen LogP contribution in [-0.4, -0.2) is 24.8 Å². The van der Waals surface area contributed by atoms with Gasteiger partial charge in [-0.1, -0.05) is 34.6 Å². The molecule has 0 radical (unpaired) electrons. The Morgan fingerprint density at radius 1 is 1.03 bits per heavy atom. The molecular weight excluding hydrogens is 432 g/mol. The zero-order chi connectivity index (χ0) is 25.1. The first-order valence-corrected chi connectivity index (χ1v) is 11.9. The molecule has 1 aliphatic heterocycles. The van der Waals surface area contributed by atoms with Gasteiger partial charge in [0.15, 0.2) is 6.79 Å². The summed E-state index contributed by atoms with van der Waals surface area (Å²) in [4.78, 5) is 0. The van der Waals surface area contributed by atoms with Crippen LogP contribution in [0.3, 0.4) is 0 Å². The Kier molecular flexibility index (Phi) is 8.30. The van der Waals surface area contributed by atoms with Gasteiger partial charge in [0.2, 0.25) is 5.79 Å². The number of aliphatic hydroxyl groups excluding tert-OH is 1. The Balaban J connectivity index is 1.90. The number of ether oxygens (including phenoxy) is 5. The third-order valence-electron chi connectivity index (χ3n) is 5.97. The third kappa shape index (κ3) is 6.30. The summed E-state index contributed by atoms with van der Waals surface area (Å²) in [6.07, 6.45) is 0. The summed E-state index contributed by atoms with van der Waals surface area (Å²) in [7, 11) is 1.58. The molecule has 0 fully saturated rings. The van der Waals surface area contributed by atoms with E-state index in [4.69, 9.17) is 23.7 Å². The molecule has 1 aliphatic rings. The minimum absolute atomic E-state index is 0.0808. The first-order chi connectivity index (χ1) is 15.9. The Bertz CT molecular complexity index is 987. The molecular formula is C28H40O6. The molecule has 188 valence electrons. The molecule has 2 aromatic carbocycles. The zero-order valence-electron chi connectivity index (χ0n) is 21.9. The fraction of sp³-hybridized carbons (Fsp3) is 0.571. The van der Waals surface area contributed by atoms with Crippen LogP contribution in [0.15, 0.2) is 24.3 Å². The van der Waals surface area contributed by atoms with Crippen molar-refractivity contribution in [1.29, 1.82) is 0 Å². The Morgan fingerprint density at radius 3 is 2.32 bits per heavy atom. The van der Waals surface area contributed by atoms with Gasteiger partial charge in [0, 0.05) is 43.2 Å². The summed E-state index contributed by atoms with van der Waals surface area (Å²) in [5, 5.41) is 10.0. The van der Waals surface area contributed by atoms with Gasteiger partial charge < -0.3 is 28.8 Å². The van der Waals surface area contributed by atoms with Crippen LogP contribution < -0.4 is 9.47 Å². The predicted molar refractivity (Wildman–Crippen MR) is 132 cm³/mol. The largest absolute Gasteiger partial charge is 0.467 e. The molecule has 3 rings (SSSR count). The Hall–Kier alpha value is -2.12. The van der Waals surface area contributed by atoms with Gasteiger partial charge in [-0.15, -0.1) is 0 Å². The van der Waals surface area contributed by atoms with Crippen molar-refractivity contribution in [2.45, 2.75) is 92.0 Å². The van der Waals surface area contributed by atoms with E-state index in [1.54, 1.807) is 7.11 Å². The summed E-state index contributed by atoms with van der Waals surface area (Å²) in [6.45, 7) is 15.8. The quantitative estimate of drug-likeness (QED) is 0.455. The fourth-order valence-electron chi connectivity index (χ4n) is 3.97. The van der Waals surface area contributed by atoms with Crippen LogP contribution in [-0.2, 0) is 46.1 Å². The molecule has 34 heavy (non-hydrogen) atoms. The molecule has 1 N–H and O–H groups in total. The first-order valence-electron chi connectivity index (χ1n) is 11.9. The molecule has 0 saturated carbocycles. The van der Waals surface area contributed by atoms with Crippen LogP contribution in [0.4, 0.5) is 0 Å². The molecule has 2 aromatic rings. The van der Waals surface area contributed by atoms with Gasteiger partial charge in [0.1, 0.15) is 11.5 Å². The average molecular weight is 473 g/mol. The van der Waals surface area contributed by atoms with Gasteiger partial charge in [-0.05, 0) is 46.7 Å². The van der Waals surface area contributed by atoms with E-state index in [2.05, 4.69) is 52.8 Å². The van der Waals surface area contributed by atoms with Crippen molar-refractivity contribution in [1.82, 2.24) is 0 Å². The van der Waals surface area contributed by atoms with E-state index in [1.807, 2.05) is 19.9 Å². The smallest absolute Gasteiger partial charge is 0.205 e. The van der Waals surface area contributed by atoms with Crippen molar-refractivity contribution in [3.8, 4) is 11.5 Å². The van der Waals surface area contributed by atoms with Crippen LogP contribution in [0.2, 0.25) is 0 Å². The number of rotatable bonds is 9. The van der Waals surface area contributed by atoms with Crippen molar-refractivity contribution < 1.29 is 28.8 Å². The van der Waals surface area contributed by atoms with Crippen molar-refractivity contribution >= 4 is 0 Å². The van der Waals surface area contributed by atoms with Crippen LogP contribution in [0.1, 0.15) is 87.8 Å². The van der Waals surface area contributed by atoms with E-state index in [-0.39, 0.29) is 18.8 Å². The molecule has 0 unspecified atom stereocenters. The summed E-state index contributed by atoms with van der Waals surface area (Å²) >= 11 is 0. The lowest BCUT2D eigenvalue weighted by Crippen LogP contribution is -2.36. The Morgan fingerprint density at radius 2 is 1.71 bits per heavy atom. The monoisotopic (exact) mass is 472 g/mol. The summed E-state index contributed by atoms with van der Waals surface area (Å²) in [6, 6.07) is 8.41.